The highest BCUT2D eigenvalue weighted by atomic mass is 16.5. The highest BCUT2D eigenvalue weighted by Gasteiger charge is 2.20. The van der Waals surface area contributed by atoms with Crippen LogP contribution in [0.3, 0.4) is 0 Å². The van der Waals surface area contributed by atoms with Crippen LogP contribution in [0.2, 0.25) is 0 Å². The summed E-state index contributed by atoms with van der Waals surface area (Å²) in [7, 11) is 0. The van der Waals surface area contributed by atoms with E-state index in [1.807, 2.05) is 0 Å². The second-order valence-corrected chi connectivity index (χ2v) is 5.00. The molecule has 2 heteroatoms. The quantitative estimate of drug-likeness (QED) is 0.586. The molecule has 0 aliphatic heterocycles. The molecule has 1 aromatic rings. The summed E-state index contributed by atoms with van der Waals surface area (Å²) < 4.78 is 11.6. The lowest BCUT2D eigenvalue weighted by molar-refractivity contribution is 0.0721. The third-order valence-electron chi connectivity index (χ3n) is 3.50. The number of fused-ring (bicyclic) bond motifs is 1. The zero-order valence-electron chi connectivity index (χ0n) is 11.2. The van der Waals surface area contributed by atoms with Gasteiger partial charge in [0.25, 0.3) is 0 Å². The zero-order chi connectivity index (χ0) is 12.8. The Kier molecular flexibility index (Phi) is 4.90. The lowest BCUT2D eigenvalue weighted by Crippen LogP contribution is -2.15. The second kappa shape index (κ2) is 6.66. The number of rotatable bonds is 5. The Morgan fingerprint density at radius 3 is 3.22 bits per heavy atom. The Hall–Kier alpha value is -1.20. The number of terminal acetylenes is 1. The third kappa shape index (κ3) is 3.40. The number of aryl methyl sites for hydroxylation is 2. The minimum absolute atomic E-state index is 0.263. The molecule has 2 nitrogen and oxygen atoms in total. The van der Waals surface area contributed by atoms with Crippen molar-refractivity contribution in [1.29, 1.82) is 0 Å². The lowest BCUT2D eigenvalue weighted by Gasteiger charge is -2.12. The molecule has 1 aliphatic carbocycles. The topological polar surface area (TPSA) is 22.4 Å². The molecule has 0 bridgehead atoms. The van der Waals surface area contributed by atoms with Crippen LogP contribution in [0.5, 0.6) is 0 Å². The van der Waals surface area contributed by atoms with Crippen LogP contribution in [0, 0.1) is 12.3 Å². The monoisotopic (exact) mass is 246 g/mol. The molecule has 0 amide bonds. The van der Waals surface area contributed by atoms with E-state index in [1.54, 1.807) is 0 Å². The molecule has 1 heterocycles. The van der Waals surface area contributed by atoms with E-state index in [1.165, 1.54) is 24.2 Å². The Morgan fingerprint density at radius 2 is 2.44 bits per heavy atom. The largest absolute Gasteiger partial charge is 0.466 e. The van der Waals surface area contributed by atoms with Gasteiger partial charge in [0.05, 0.1) is 6.10 Å². The average molecular weight is 246 g/mol. The van der Waals surface area contributed by atoms with E-state index in [9.17, 15) is 0 Å². The SMILES string of the molecule is C#CCO[C@H]1CCCc2oc(CCCC)cc2C1. The Bertz CT molecular complexity index is 411. The van der Waals surface area contributed by atoms with Crippen LogP contribution in [0.25, 0.3) is 0 Å². The molecule has 2 rings (SSSR count). The van der Waals surface area contributed by atoms with E-state index in [4.69, 9.17) is 15.6 Å². The first-order chi connectivity index (χ1) is 8.83. The van der Waals surface area contributed by atoms with Crippen molar-refractivity contribution in [2.75, 3.05) is 6.61 Å². The van der Waals surface area contributed by atoms with Crippen LogP contribution in [0.15, 0.2) is 10.5 Å². The summed E-state index contributed by atoms with van der Waals surface area (Å²) >= 11 is 0. The van der Waals surface area contributed by atoms with Gasteiger partial charge < -0.3 is 9.15 Å². The first-order valence-corrected chi connectivity index (χ1v) is 6.99. The fraction of sp³-hybridized carbons (Fsp3) is 0.625. The van der Waals surface area contributed by atoms with E-state index in [0.29, 0.717) is 6.61 Å². The Morgan fingerprint density at radius 1 is 1.56 bits per heavy atom. The van der Waals surface area contributed by atoms with E-state index in [-0.39, 0.29) is 6.10 Å². The standard InChI is InChI=1S/C16H22O2/c1-3-5-7-15-12-13-11-14(17-10-4-2)8-6-9-16(13)18-15/h2,12,14H,3,5-11H2,1H3/t14-/m0/s1. The van der Waals surface area contributed by atoms with Gasteiger partial charge in [0.1, 0.15) is 18.1 Å². The van der Waals surface area contributed by atoms with Crippen LogP contribution in [-0.2, 0) is 24.0 Å². The van der Waals surface area contributed by atoms with Crippen molar-refractivity contribution in [2.45, 2.75) is 58.0 Å². The molecular weight excluding hydrogens is 224 g/mol. The smallest absolute Gasteiger partial charge is 0.107 e. The molecule has 1 atom stereocenters. The van der Waals surface area contributed by atoms with Crippen molar-refractivity contribution in [3.63, 3.8) is 0 Å². The Labute approximate surface area is 110 Å². The molecule has 0 aromatic carbocycles. The predicted molar refractivity (Wildman–Crippen MR) is 72.5 cm³/mol. The summed E-state index contributed by atoms with van der Waals surface area (Å²) in [6.45, 7) is 2.62. The number of furan rings is 1. The predicted octanol–water partition coefficient (Wildman–Crippen LogP) is 3.52. The highest BCUT2D eigenvalue weighted by molar-refractivity contribution is 5.24. The fourth-order valence-corrected chi connectivity index (χ4v) is 2.53. The second-order valence-electron chi connectivity index (χ2n) is 5.00. The van der Waals surface area contributed by atoms with Gasteiger partial charge in [-0.3, -0.25) is 0 Å². The van der Waals surface area contributed by atoms with Gasteiger partial charge in [0, 0.05) is 19.3 Å². The van der Waals surface area contributed by atoms with E-state index in [2.05, 4.69) is 18.9 Å². The van der Waals surface area contributed by atoms with E-state index >= 15 is 0 Å². The summed E-state index contributed by atoms with van der Waals surface area (Å²) in [6.07, 6.45) is 13.2. The summed E-state index contributed by atoms with van der Waals surface area (Å²) in [5.74, 6) is 4.86. The molecule has 1 aliphatic rings. The maximum atomic E-state index is 5.95. The van der Waals surface area contributed by atoms with Gasteiger partial charge in [0.2, 0.25) is 0 Å². The van der Waals surface area contributed by atoms with Crippen LogP contribution < -0.4 is 0 Å². The van der Waals surface area contributed by atoms with Gasteiger partial charge >= 0.3 is 0 Å². The van der Waals surface area contributed by atoms with Crippen LogP contribution >= 0.6 is 0 Å². The molecule has 0 fully saturated rings. The maximum absolute atomic E-state index is 5.95. The summed E-state index contributed by atoms with van der Waals surface area (Å²) in [6, 6.07) is 2.22. The van der Waals surface area contributed by atoms with Crippen molar-refractivity contribution >= 4 is 0 Å². The molecule has 18 heavy (non-hydrogen) atoms. The third-order valence-corrected chi connectivity index (χ3v) is 3.50. The highest BCUT2D eigenvalue weighted by Crippen LogP contribution is 2.26. The molecule has 0 unspecified atom stereocenters. The molecule has 0 radical (unpaired) electrons. The van der Waals surface area contributed by atoms with Crippen LogP contribution in [-0.4, -0.2) is 12.7 Å². The fourth-order valence-electron chi connectivity index (χ4n) is 2.53. The molecule has 0 saturated carbocycles. The van der Waals surface area contributed by atoms with Crippen molar-refractivity contribution in [3.8, 4) is 12.3 Å². The van der Waals surface area contributed by atoms with Crippen LogP contribution in [0.1, 0.15) is 49.7 Å². The summed E-state index contributed by atoms with van der Waals surface area (Å²) in [5, 5.41) is 0. The first kappa shape index (κ1) is 13.2. The van der Waals surface area contributed by atoms with Gasteiger partial charge in [-0.1, -0.05) is 19.3 Å². The minimum Gasteiger partial charge on any atom is -0.466 e. The lowest BCUT2D eigenvalue weighted by atomic mass is 10.1. The molecule has 0 N–H and O–H groups in total. The number of ether oxygens (including phenoxy) is 1. The first-order valence-electron chi connectivity index (χ1n) is 6.99. The molecular formula is C16H22O2. The maximum Gasteiger partial charge on any atom is 0.107 e. The van der Waals surface area contributed by atoms with Crippen molar-refractivity contribution in [2.24, 2.45) is 0 Å². The van der Waals surface area contributed by atoms with Gasteiger partial charge in [-0.05, 0) is 30.9 Å². The van der Waals surface area contributed by atoms with Gasteiger partial charge in [-0.25, -0.2) is 0 Å². The van der Waals surface area contributed by atoms with E-state index < -0.39 is 0 Å². The molecule has 0 spiro atoms. The molecule has 0 saturated heterocycles. The van der Waals surface area contributed by atoms with Gasteiger partial charge in [-0.2, -0.15) is 0 Å². The van der Waals surface area contributed by atoms with Gasteiger partial charge in [-0.15, -0.1) is 6.42 Å². The number of hydrogen-bond donors (Lipinski definition) is 0. The average Bonchev–Trinajstić information content (AvgIpc) is 2.66. The minimum atomic E-state index is 0.263. The van der Waals surface area contributed by atoms with Crippen LogP contribution in [0.4, 0.5) is 0 Å². The van der Waals surface area contributed by atoms with Crippen molar-refractivity contribution < 1.29 is 9.15 Å². The van der Waals surface area contributed by atoms with E-state index in [0.717, 1.165) is 37.9 Å². The molecule has 1 aromatic heterocycles. The summed E-state index contributed by atoms with van der Waals surface area (Å²) in [4.78, 5) is 0. The van der Waals surface area contributed by atoms with Crippen molar-refractivity contribution in [1.82, 2.24) is 0 Å². The summed E-state index contributed by atoms with van der Waals surface area (Å²) in [5.41, 5.74) is 1.33. The Balaban J connectivity index is 2.01. The molecule has 98 valence electrons. The normalized spacial score (nSPS) is 19.0. The zero-order valence-corrected chi connectivity index (χ0v) is 11.2. The van der Waals surface area contributed by atoms with Crippen molar-refractivity contribution in [3.05, 3.63) is 23.2 Å². The number of hydrogen-bond acceptors (Lipinski definition) is 2. The van der Waals surface area contributed by atoms with Gasteiger partial charge in [0.15, 0.2) is 0 Å². The number of unbranched alkanes of at least 4 members (excludes halogenated alkanes) is 1.